The highest BCUT2D eigenvalue weighted by molar-refractivity contribution is 8.04. The van der Waals surface area contributed by atoms with E-state index >= 15 is 0 Å². The lowest BCUT2D eigenvalue weighted by atomic mass is 10.1. The summed E-state index contributed by atoms with van der Waals surface area (Å²) in [6, 6.07) is 21.5. The number of nitrogens with zero attached hydrogens (tertiary/aromatic N) is 3. The molecule has 0 spiro atoms. The molecule has 0 fully saturated rings. The average molecular weight is 428 g/mol. The summed E-state index contributed by atoms with van der Waals surface area (Å²) in [5.74, 6) is 0.469. The average Bonchev–Trinajstić information content (AvgIpc) is 3.27. The van der Waals surface area contributed by atoms with Crippen LogP contribution in [-0.2, 0) is 11.3 Å². The Hall–Kier alpha value is -3.71. The van der Waals surface area contributed by atoms with Gasteiger partial charge in [0.1, 0.15) is 0 Å². The van der Waals surface area contributed by atoms with E-state index in [0.29, 0.717) is 22.4 Å². The number of benzene rings is 2. The zero-order valence-corrected chi connectivity index (χ0v) is 17.8. The van der Waals surface area contributed by atoms with Crippen LogP contribution in [0, 0.1) is 6.92 Å². The monoisotopic (exact) mass is 427 g/mol. The van der Waals surface area contributed by atoms with Gasteiger partial charge in [-0.3, -0.25) is 14.9 Å². The first-order chi connectivity index (χ1) is 15.2. The van der Waals surface area contributed by atoms with Gasteiger partial charge in [-0.05, 0) is 42.0 Å². The normalized spacial score (nSPS) is 11.3. The Bertz CT molecular complexity index is 1170. The van der Waals surface area contributed by atoms with Crippen molar-refractivity contribution >= 4 is 23.7 Å². The van der Waals surface area contributed by atoms with E-state index in [2.05, 4.69) is 25.5 Å². The minimum Gasteiger partial charge on any atom is -0.347 e. The van der Waals surface area contributed by atoms with E-state index in [1.165, 1.54) is 17.3 Å². The number of hydrogen-bond donors (Lipinski definition) is 2. The number of hydrogen-bond acceptors (Lipinski definition) is 5. The van der Waals surface area contributed by atoms with E-state index in [0.717, 1.165) is 16.7 Å². The summed E-state index contributed by atoms with van der Waals surface area (Å²) < 4.78 is 0. The molecule has 0 saturated heterocycles. The van der Waals surface area contributed by atoms with E-state index in [4.69, 9.17) is 0 Å². The van der Waals surface area contributed by atoms with Gasteiger partial charge in [0.15, 0.2) is 5.82 Å². The number of rotatable bonds is 7. The lowest BCUT2D eigenvalue weighted by Gasteiger charge is -2.07. The van der Waals surface area contributed by atoms with E-state index in [9.17, 15) is 4.79 Å². The number of aromatic nitrogens is 4. The summed E-state index contributed by atoms with van der Waals surface area (Å²) in [6.07, 6.45) is 5.28. The minimum atomic E-state index is -0.195. The third kappa shape index (κ3) is 5.67. The molecule has 2 N–H and O–H groups in total. The number of aryl methyl sites for hydroxylation is 1. The highest BCUT2D eigenvalue weighted by atomic mass is 32.2. The lowest BCUT2D eigenvalue weighted by Crippen LogP contribution is -2.23. The SMILES string of the molecule is Cc1ccc(-c2nc(S/C(=C/c3ccccc3)C(=O)NCc3cccnc3)n[nH]2)cc1. The van der Waals surface area contributed by atoms with Gasteiger partial charge in [0.05, 0.1) is 4.91 Å². The van der Waals surface area contributed by atoms with Gasteiger partial charge >= 0.3 is 0 Å². The summed E-state index contributed by atoms with van der Waals surface area (Å²) in [7, 11) is 0. The predicted octanol–water partition coefficient (Wildman–Crippen LogP) is 4.62. The van der Waals surface area contributed by atoms with Crippen LogP contribution in [-0.4, -0.2) is 26.1 Å². The maximum absolute atomic E-state index is 13.0. The summed E-state index contributed by atoms with van der Waals surface area (Å²) >= 11 is 1.23. The number of H-pyrrole nitrogens is 1. The Kier molecular flexibility index (Phi) is 6.54. The number of carbonyl (C=O) groups is 1. The Morgan fingerprint density at radius 2 is 1.87 bits per heavy atom. The van der Waals surface area contributed by atoms with E-state index in [1.54, 1.807) is 12.4 Å². The highest BCUT2D eigenvalue weighted by Crippen LogP contribution is 2.27. The fourth-order valence-corrected chi connectivity index (χ4v) is 3.63. The zero-order valence-electron chi connectivity index (χ0n) is 16.9. The first-order valence-corrected chi connectivity index (χ1v) is 10.6. The van der Waals surface area contributed by atoms with Crippen molar-refractivity contribution in [3.63, 3.8) is 0 Å². The summed E-state index contributed by atoms with van der Waals surface area (Å²) in [5.41, 5.74) is 3.98. The van der Waals surface area contributed by atoms with Crippen molar-refractivity contribution < 1.29 is 4.79 Å². The molecular formula is C24H21N5OS. The van der Waals surface area contributed by atoms with Gasteiger partial charge in [-0.2, -0.15) is 0 Å². The van der Waals surface area contributed by atoms with Crippen LogP contribution >= 0.6 is 11.8 Å². The molecular weight excluding hydrogens is 406 g/mol. The molecule has 0 bridgehead atoms. The maximum Gasteiger partial charge on any atom is 0.258 e. The molecule has 0 radical (unpaired) electrons. The topological polar surface area (TPSA) is 83.6 Å². The van der Waals surface area contributed by atoms with Crippen molar-refractivity contribution in [3.05, 3.63) is 101 Å². The van der Waals surface area contributed by atoms with E-state index < -0.39 is 0 Å². The summed E-state index contributed by atoms with van der Waals surface area (Å²) in [6.45, 7) is 2.43. The molecule has 6 nitrogen and oxygen atoms in total. The van der Waals surface area contributed by atoms with Gasteiger partial charge in [-0.15, -0.1) is 5.10 Å². The molecule has 0 aliphatic rings. The molecule has 0 saturated carbocycles. The van der Waals surface area contributed by atoms with Crippen LogP contribution in [0.4, 0.5) is 0 Å². The second-order valence-corrected chi connectivity index (χ2v) is 7.91. The van der Waals surface area contributed by atoms with Gasteiger partial charge in [0, 0.05) is 24.5 Å². The van der Waals surface area contributed by atoms with Gasteiger partial charge in [0.2, 0.25) is 5.16 Å². The van der Waals surface area contributed by atoms with Crippen molar-refractivity contribution in [3.8, 4) is 11.4 Å². The molecule has 2 aromatic carbocycles. The Balaban J connectivity index is 1.54. The van der Waals surface area contributed by atoms with Crippen molar-refractivity contribution in [1.29, 1.82) is 0 Å². The fraction of sp³-hybridized carbons (Fsp3) is 0.0833. The highest BCUT2D eigenvalue weighted by Gasteiger charge is 2.15. The second-order valence-electron chi connectivity index (χ2n) is 6.90. The van der Waals surface area contributed by atoms with Crippen LogP contribution in [0.25, 0.3) is 17.5 Å². The van der Waals surface area contributed by atoms with Crippen molar-refractivity contribution in [2.75, 3.05) is 0 Å². The van der Waals surface area contributed by atoms with Crippen molar-refractivity contribution in [2.45, 2.75) is 18.6 Å². The van der Waals surface area contributed by atoms with Crippen LogP contribution in [0.3, 0.4) is 0 Å². The fourth-order valence-electron chi connectivity index (χ4n) is 2.85. The second kappa shape index (κ2) is 9.86. The van der Waals surface area contributed by atoms with Crippen molar-refractivity contribution in [2.24, 2.45) is 0 Å². The van der Waals surface area contributed by atoms with Gasteiger partial charge < -0.3 is 5.32 Å². The molecule has 0 unspecified atom stereocenters. The largest absolute Gasteiger partial charge is 0.347 e. The Morgan fingerprint density at radius 3 is 2.61 bits per heavy atom. The van der Waals surface area contributed by atoms with Crippen LogP contribution in [0.2, 0.25) is 0 Å². The standard InChI is InChI=1S/C24H21N5OS/c1-17-9-11-20(12-10-17)22-27-24(29-28-22)31-21(14-18-6-3-2-4-7-18)23(30)26-16-19-8-5-13-25-15-19/h2-15H,16H2,1H3,(H,26,30)(H,27,28,29)/b21-14+. The minimum absolute atomic E-state index is 0.195. The van der Waals surface area contributed by atoms with Crippen LogP contribution in [0.1, 0.15) is 16.7 Å². The third-order valence-corrected chi connectivity index (χ3v) is 5.38. The van der Waals surface area contributed by atoms with E-state index in [-0.39, 0.29) is 5.91 Å². The molecule has 4 aromatic rings. The Labute approximate surface area is 184 Å². The molecule has 1 amide bonds. The number of amides is 1. The molecule has 154 valence electrons. The number of nitrogens with one attached hydrogen (secondary N) is 2. The smallest absolute Gasteiger partial charge is 0.258 e. The molecule has 7 heteroatoms. The predicted molar refractivity (Wildman–Crippen MR) is 123 cm³/mol. The van der Waals surface area contributed by atoms with Gasteiger partial charge in [-0.25, -0.2) is 4.98 Å². The zero-order chi connectivity index (χ0) is 21.5. The summed E-state index contributed by atoms with van der Waals surface area (Å²) in [4.78, 5) is 22.1. The number of carbonyl (C=O) groups excluding carboxylic acids is 1. The molecule has 0 aliphatic carbocycles. The van der Waals surface area contributed by atoms with Crippen LogP contribution in [0.15, 0.2) is 89.2 Å². The molecule has 2 aromatic heterocycles. The molecule has 31 heavy (non-hydrogen) atoms. The third-order valence-electron chi connectivity index (χ3n) is 4.49. The molecule has 0 atom stereocenters. The number of aromatic amines is 1. The van der Waals surface area contributed by atoms with Crippen LogP contribution < -0.4 is 5.32 Å². The van der Waals surface area contributed by atoms with Crippen molar-refractivity contribution in [1.82, 2.24) is 25.5 Å². The van der Waals surface area contributed by atoms with Gasteiger partial charge in [-0.1, -0.05) is 66.2 Å². The Morgan fingerprint density at radius 1 is 1.06 bits per heavy atom. The maximum atomic E-state index is 13.0. The van der Waals surface area contributed by atoms with E-state index in [1.807, 2.05) is 79.7 Å². The quantitative estimate of drug-likeness (QED) is 0.332. The van der Waals surface area contributed by atoms with Gasteiger partial charge in [0.25, 0.3) is 5.91 Å². The van der Waals surface area contributed by atoms with Crippen LogP contribution in [0.5, 0.6) is 0 Å². The molecule has 2 heterocycles. The molecule has 0 aliphatic heterocycles. The number of thioether (sulfide) groups is 1. The summed E-state index contributed by atoms with van der Waals surface area (Å²) in [5, 5.41) is 10.7. The molecule has 4 rings (SSSR count). The first-order valence-electron chi connectivity index (χ1n) is 9.78. The first kappa shape index (κ1) is 20.6. The lowest BCUT2D eigenvalue weighted by molar-refractivity contribution is -0.116. The number of pyridine rings is 1.